The maximum atomic E-state index is 13.0. The van der Waals surface area contributed by atoms with Crippen LogP contribution in [-0.4, -0.2) is 59.6 Å². The summed E-state index contributed by atoms with van der Waals surface area (Å²) in [5.74, 6) is -0.115. The lowest BCUT2D eigenvalue weighted by atomic mass is 9.81. The summed E-state index contributed by atoms with van der Waals surface area (Å²) < 4.78 is 5.18. The molecule has 1 aliphatic rings. The molecule has 1 unspecified atom stereocenters. The van der Waals surface area contributed by atoms with Crippen LogP contribution in [0.2, 0.25) is 0 Å². The average Bonchev–Trinajstić information content (AvgIpc) is 2.73. The summed E-state index contributed by atoms with van der Waals surface area (Å²) in [6.07, 6.45) is 5.51. The van der Waals surface area contributed by atoms with Gasteiger partial charge in [-0.1, -0.05) is 19.9 Å². The van der Waals surface area contributed by atoms with Gasteiger partial charge in [0.1, 0.15) is 6.04 Å². The van der Waals surface area contributed by atoms with E-state index in [1.165, 1.54) is 4.90 Å². The van der Waals surface area contributed by atoms with Crippen LogP contribution in [0.5, 0.6) is 0 Å². The third-order valence-corrected chi connectivity index (χ3v) is 5.49. The lowest BCUT2D eigenvalue weighted by molar-refractivity contribution is -0.148. The molecule has 0 bridgehead atoms. The molecule has 29 heavy (non-hydrogen) atoms. The van der Waals surface area contributed by atoms with Crippen molar-refractivity contribution in [2.75, 3.05) is 26.7 Å². The van der Waals surface area contributed by atoms with Crippen molar-refractivity contribution >= 4 is 12.0 Å². The maximum Gasteiger partial charge on any atom is 0.328 e. The number of ether oxygens (including phenoxy) is 1. The van der Waals surface area contributed by atoms with E-state index in [1.54, 1.807) is 31.3 Å². The average molecular weight is 401 g/mol. The second-order valence-corrected chi connectivity index (χ2v) is 8.01. The van der Waals surface area contributed by atoms with E-state index in [0.717, 1.165) is 18.4 Å². The Kier molecular flexibility index (Phi) is 8.44. The Labute approximate surface area is 173 Å². The second kappa shape index (κ2) is 10.8. The molecular formula is C22H32N4O3. The predicted molar refractivity (Wildman–Crippen MR) is 110 cm³/mol. The van der Waals surface area contributed by atoms with Gasteiger partial charge < -0.3 is 14.5 Å². The molecule has 7 heteroatoms. The highest BCUT2D eigenvalue weighted by atomic mass is 16.5. The smallest absolute Gasteiger partial charge is 0.328 e. The first-order valence-corrected chi connectivity index (χ1v) is 10.4. The van der Waals surface area contributed by atoms with Crippen molar-refractivity contribution in [1.29, 1.82) is 5.26 Å². The summed E-state index contributed by atoms with van der Waals surface area (Å²) in [6.45, 7) is 7.26. The third-order valence-electron chi connectivity index (χ3n) is 5.49. The molecule has 158 valence electrons. The Morgan fingerprint density at radius 1 is 1.38 bits per heavy atom. The predicted octanol–water partition coefficient (Wildman–Crippen LogP) is 3.43. The van der Waals surface area contributed by atoms with E-state index >= 15 is 0 Å². The van der Waals surface area contributed by atoms with Crippen molar-refractivity contribution in [2.24, 2.45) is 11.8 Å². The molecule has 0 saturated carbocycles. The molecule has 2 atom stereocenters. The van der Waals surface area contributed by atoms with E-state index < -0.39 is 6.04 Å². The van der Waals surface area contributed by atoms with E-state index in [2.05, 4.69) is 11.1 Å². The second-order valence-electron chi connectivity index (χ2n) is 8.01. The fraction of sp³-hybridized carbons (Fsp3) is 0.636. The molecule has 0 radical (unpaired) electrons. The molecule has 0 aliphatic carbocycles. The van der Waals surface area contributed by atoms with Gasteiger partial charge in [-0.3, -0.25) is 4.98 Å². The molecule has 7 nitrogen and oxygen atoms in total. The first-order chi connectivity index (χ1) is 13.9. The molecule has 0 N–H and O–H groups in total. The number of carbonyl (C=O) groups is 2. The molecular weight excluding hydrogens is 368 g/mol. The van der Waals surface area contributed by atoms with Gasteiger partial charge in [0, 0.05) is 32.5 Å². The number of nitrogens with zero attached hydrogens (tertiary/aromatic N) is 4. The number of likely N-dealkylation sites (tertiary alicyclic amines) is 1. The summed E-state index contributed by atoms with van der Waals surface area (Å²) in [5, 5.41) is 9.65. The zero-order valence-electron chi connectivity index (χ0n) is 17.9. The van der Waals surface area contributed by atoms with Crippen molar-refractivity contribution in [3.8, 4) is 6.07 Å². The fourth-order valence-corrected chi connectivity index (χ4v) is 3.89. The van der Waals surface area contributed by atoms with Crippen molar-refractivity contribution in [3.05, 3.63) is 30.1 Å². The van der Waals surface area contributed by atoms with Crippen molar-refractivity contribution < 1.29 is 14.3 Å². The van der Waals surface area contributed by atoms with E-state index in [1.807, 2.05) is 26.0 Å². The van der Waals surface area contributed by atoms with Crippen LogP contribution in [0.4, 0.5) is 4.79 Å². The SMILES string of the molecule is CCOC(=O)[C@H](CC(C)C)N(C)C(=O)N1CCC(C(C#N)c2cccnc2)CC1. The third kappa shape index (κ3) is 5.93. The number of urea groups is 1. The van der Waals surface area contributed by atoms with Crippen LogP contribution in [0.25, 0.3) is 0 Å². The zero-order chi connectivity index (χ0) is 21.4. The molecule has 1 saturated heterocycles. The van der Waals surface area contributed by atoms with E-state index in [4.69, 9.17) is 4.74 Å². The van der Waals surface area contributed by atoms with Gasteiger partial charge in [0.15, 0.2) is 0 Å². The van der Waals surface area contributed by atoms with Gasteiger partial charge in [0.2, 0.25) is 0 Å². The summed E-state index contributed by atoms with van der Waals surface area (Å²) in [6, 6.07) is 5.45. The van der Waals surface area contributed by atoms with Gasteiger partial charge in [-0.05, 0) is 49.7 Å². The molecule has 1 fully saturated rings. The Hall–Kier alpha value is -2.62. The monoisotopic (exact) mass is 400 g/mol. The van der Waals surface area contributed by atoms with Gasteiger partial charge in [-0.2, -0.15) is 5.26 Å². The summed E-state index contributed by atoms with van der Waals surface area (Å²) in [5.41, 5.74) is 0.927. The highest BCUT2D eigenvalue weighted by Gasteiger charge is 2.34. The Morgan fingerprint density at radius 2 is 2.07 bits per heavy atom. The van der Waals surface area contributed by atoms with Crippen molar-refractivity contribution in [2.45, 2.75) is 52.0 Å². The van der Waals surface area contributed by atoms with Gasteiger partial charge in [-0.15, -0.1) is 0 Å². The van der Waals surface area contributed by atoms with Gasteiger partial charge in [0.05, 0.1) is 18.6 Å². The van der Waals surface area contributed by atoms with E-state index in [0.29, 0.717) is 26.1 Å². The number of hydrogen-bond acceptors (Lipinski definition) is 5. The lowest BCUT2D eigenvalue weighted by Crippen LogP contribution is -2.52. The number of aromatic nitrogens is 1. The number of pyridine rings is 1. The molecule has 1 aliphatic heterocycles. The number of esters is 1. The number of amides is 2. The highest BCUT2D eigenvalue weighted by molar-refractivity contribution is 5.83. The number of carbonyl (C=O) groups excluding carboxylic acids is 2. The minimum absolute atomic E-state index is 0.156. The van der Waals surface area contributed by atoms with Crippen LogP contribution >= 0.6 is 0 Å². The molecule has 1 aromatic heterocycles. The first kappa shape index (κ1) is 22.7. The van der Waals surface area contributed by atoms with Crippen molar-refractivity contribution in [3.63, 3.8) is 0 Å². The Morgan fingerprint density at radius 3 is 2.59 bits per heavy atom. The summed E-state index contributed by atoms with van der Waals surface area (Å²) >= 11 is 0. The van der Waals surface area contributed by atoms with Crippen LogP contribution in [0.15, 0.2) is 24.5 Å². The van der Waals surface area contributed by atoms with Gasteiger partial charge >= 0.3 is 12.0 Å². The minimum atomic E-state index is -0.581. The van der Waals surface area contributed by atoms with Crippen LogP contribution in [-0.2, 0) is 9.53 Å². The number of piperidine rings is 1. The van der Waals surface area contributed by atoms with E-state index in [9.17, 15) is 14.9 Å². The zero-order valence-corrected chi connectivity index (χ0v) is 17.9. The molecule has 1 aromatic rings. The van der Waals surface area contributed by atoms with Gasteiger partial charge in [0.25, 0.3) is 0 Å². The van der Waals surface area contributed by atoms with Crippen LogP contribution in [0, 0.1) is 23.2 Å². The Bertz CT molecular complexity index is 709. The topological polar surface area (TPSA) is 86.5 Å². The van der Waals surface area contributed by atoms with E-state index in [-0.39, 0.29) is 29.8 Å². The summed E-state index contributed by atoms with van der Waals surface area (Å²) in [4.78, 5) is 32.8. The number of likely N-dealkylation sites (N-methyl/N-ethyl adjacent to an activating group) is 1. The first-order valence-electron chi connectivity index (χ1n) is 10.4. The Balaban J connectivity index is 2.00. The molecule has 2 amide bonds. The number of rotatable bonds is 7. The fourth-order valence-electron chi connectivity index (χ4n) is 3.89. The number of hydrogen-bond donors (Lipinski definition) is 0. The van der Waals surface area contributed by atoms with Crippen LogP contribution in [0.1, 0.15) is 51.5 Å². The van der Waals surface area contributed by atoms with Crippen LogP contribution in [0.3, 0.4) is 0 Å². The quantitative estimate of drug-likeness (QED) is 0.655. The van der Waals surface area contributed by atoms with Gasteiger partial charge in [-0.25, -0.2) is 9.59 Å². The lowest BCUT2D eigenvalue weighted by Gasteiger charge is -2.38. The highest BCUT2D eigenvalue weighted by Crippen LogP contribution is 2.32. The molecule has 2 heterocycles. The minimum Gasteiger partial charge on any atom is -0.464 e. The molecule has 2 rings (SSSR count). The number of nitriles is 1. The normalized spacial score (nSPS) is 16.8. The summed E-state index contributed by atoms with van der Waals surface area (Å²) in [7, 11) is 1.67. The van der Waals surface area contributed by atoms with Crippen LogP contribution < -0.4 is 0 Å². The molecule has 0 spiro atoms. The van der Waals surface area contributed by atoms with Crippen molar-refractivity contribution in [1.82, 2.24) is 14.8 Å². The molecule has 0 aromatic carbocycles. The largest absolute Gasteiger partial charge is 0.464 e. The standard InChI is InChI=1S/C22H32N4O3/c1-5-29-21(27)20(13-16(2)3)25(4)22(28)26-11-8-17(9-12-26)19(14-23)18-7-6-10-24-15-18/h6-7,10,15-17,19-20H,5,8-9,11-13H2,1-4H3/t19?,20-/m0/s1. The maximum absolute atomic E-state index is 13.0.